The molecule has 1 atom stereocenters. The summed E-state index contributed by atoms with van der Waals surface area (Å²) in [6.07, 6.45) is -0.174. The Bertz CT molecular complexity index is 1060. The molecule has 1 aromatic heterocycles. The molecule has 1 aliphatic heterocycles. The maximum Gasteiger partial charge on any atom is 0.431 e. The van der Waals surface area contributed by atoms with E-state index in [1.807, 2.05) is 0 Å². The first-order valence-electron chi connectivity index (χ1n) is 9.11. The molecule has 2 aromatic rings. The zero-order valence-electron chi connectivity index (χ0n) is 16.4. The molecular weight excluding hydrogens is 412 g/mol. The van der Waals surface area contributed by atoms with E-state index in [0.29, 0.717) is 17.8 Å². The van der Waals surface area contributed by atoms with Gasteiger partial charge < -0.3 is 16.0 Å². The van der Waals surface area contributed by atoms with Gasteiger partial charge in [0, 0.05) is 17.8 Å². The number of rotatable bonds is 7. The molecule has 0 aliphatic carbocycles. The van der Waals surface area contributed by atoms with Gasteiger partial charge in [0.05, 0.1) is 6.42 Å². The van der Waals surface area contributed by atoms with Gasteiger partial charge in [-0.15, -0.1) is 0 Å². The van der Waals surface area contributed by atoms with Crippen LogP contribution >= 0.6 is 12.2 Å². The molecule has 0 spiro atoms. The predicted octanol–water partition coefficient (Wildman–Crippen LogP) is -0.762. The average Bonchev–Trinajstić information content (AvgIpc) is 3.13. The highest BCUT2D eigenvalue weighted by molar-refractivity contribution is 7.80. The van der Waals surface area contributed by atoms with Crippen molar-refractivity contribution >= 4 is 40.7 Å². The van der Waals surface area contributed by atoms with Gasteiger partial charge in [0.2, 0.25) is 11.8 Å². The lowest BCUT2D eigenvalue weighted by Crippen LogP contribution is -2.44. The van der Waals surface area contributed by atoms with Gasteiger partial charge in [-0.3, -0.25) is 23.8 Å². The number of nitrogens with two attached hydrogens (primary N) is 1. The van der Waals surface area contributed by atoms with Crippen molar-refractivity contribution in [2.75, 3.05) is 11.9 Å². The van der Waals surface area contributed by atoms with E-state index in [-0.39, 0.29) is 29.7 Å². The molecule has 1 aliphatic rings. The first-order chi connectivity index (χ1) is 14.2. The number of thiocarbonyl (C=S) groups is 1. The van der Waals surface area contributed by atoms with Crippen LogP contribution in [0.4, 0.5) is 5.69 Å². The molecule has 3 amide bonds. The van der Waals surface area contributed by atoms with Crippen LogP contribution in [-0.4, -0.2) is 50.5 Å². The first kappa shape index (κ1) is 21.2. The molecule has 4 N–H and O–H groups in total. The second-order valence-electron chi connectivity index (χ2n) is 6.69. The van der Waals surface area contributed by atoms with Crippen molar-refractivity contribution < 1.29 is 23.6 Å². The Morgan fingerprint density at radius 1 is 1.30 bits per heavy atom. The van der Waals surface area contributed by atoms with E-state index in [4.69, 9.17) is 22.5 Å². The van der Waals surface area contributed by atoms with E-state index in [9.17, 15) is 19.2 Å². The second kappa shape index (κ2) is 8.45. The number of hydrogen-bond acceptors (Lipinski definition) is 6. The number of primary amides is 1. The van der Waals surface area contributed by atoms with E-state index in [2.05, 4.69) is 10.6 Å². The molecular formula is C18H21N6O5S+. The molecule has 1 unspecified atom stereocenters. The van der Waals surface area contributed by atoms with Crippen molar-refractivity contribution in [3.8, 4) is 0 Å². The molecule has 12 heteroatoms. The SMILES string of the molecule is CCN1C(=O)C(CC(=O)Nc2ccc(C(N)=O)cc2)N(Cc2c(=O)o[nH][n+]2C)C1=S. The van der Waals surface area contributed by atoms with Gasteiger partial charge in [-0.25, -0.2) is 4.79 Å². The fourth-order valence-corrected chi connectivity index (χ4v) is 3.57. The number of aromatic amines is 1. The molecule has 1 saturated heterocycles. The number of hydrogen-bond donors (Lipinski definition) is 3. The van der Waals surface area contributed by atoms with Crippen molar-refractivity contribution in [3.05, 3.63) is 45.9 Å². The summed E-state index contributed by atoms with van der Waals surface area (Å²) in [4.78, 5) is 51.4. The van der Waals surface area contributed by atoms with Gasteiger partial charge >= 0.3 is 11.3 Å². The minimum atomic E-state index is -0.864. The molecule has 0 bridgehead atoms. The lowest BCUT2D eigenvalue weighted by molar-refractivity contribution is -0.746. The number of carbonyl (C=O) groups is 3. The van der Waals surface area contributed by atoms with E-state index >= 15 is 0 Å². The first-order valence-corrected chi connectivity index (χ1v) is 9.51. The van der Waals surface area contributed by atoms with Gasteiger partial charge in [0.15, 0.2) is 12.2 Å². The van der Waals surface area contributed by atoms with Crippen molar-refractivity contribution in [1.82, 2.24) is 15.1 Å². The topological polar surface area (TPSA) is 146 Å². The maximum absolute atomic E-state index is 12.8. The third-order valence-corrected chi connectivity index (χ3v) is 5.24. The Kier molecular flexibility index (Phi) is 5.96. The number of aromatic nitrogens is 2. The van der Waals surface area contributed by atoms with Gasteiger partial charge in [0.1, 0.15) is 12.6 Å². The Hall–Kier alpha value is -3.54. The number of aryl methyl sites for hydroxylation is 1. The quantitative estimate of drug-likeness (QED) is 0.384. The van der Waals surface area contributed by atoms with Crippen LogP contribution in [0.2, 0.25) is 0 Å². The third kappa shape index (κ3) is 4.08. The van der Waals surface area contributed by atoms with Crippen LogP contribution in [0.1, 0.15) is 29.4 Å². The molecule has 30 heavy (non-hydrogen) atoms. The molecule has 158 valence electrons. The van der Waals surface area contributed by atoms with E-state index in [1.54, 1.807) is 26.1 Å². The summed E-state index contributed by atoms with van der Waals surface area (Å²) in [6, 6.07) is 5.20. The zero-order chi connectivity index (χ0) is 22.0. The second-order valence-corrected chi connectivity index (χ2v) is 7.05. The number of carbonyl (C=O) groups excluding carboxylic acids is 3. The highest BCUT2D eigenvalue weighted by atomic mass is 32.1. The third-order valence-electron chi connectivity index (χ3n) is 4.79. The lowest BCUT2D eigenvalue weighted by atomic mass is 10.1. The van der Waals surface area contributed by atoms with Gasteiger partial charge in [-0.05, 0) is 48.7 Å². The normalized spacial score (nSPS) is 16.3. The summed E-state index contributed by atoms with van der Waals surface area (Å²) < 4.78 is 6.13. The van der Waals surface area contributed by atoms with Crippen LogP contribution in [0, 0.1) is 0 Å². The van der Waals surface area contributed by atoms with Crippen LogP contribution in [0.15, 0.2) is 33.6 Å². The lowest BCUT2D eigenvalue weighted by Gasteiger charge is -2.21. The van der Waals surface area contributed by atoms with Gasteiger partial charge in [-0.1, -0.05) is 4.68 Å². The van der Waals surface area contributed by atoms with Crippen LogP contribution in [0.3, 0.4) is 0 Å². The van der Waals surface area contributed by atoms with Crippen LogP contribution in [0.5, 0.6) is 0 Å². The summed E-state index contributed by atoms with van der Waals surface area (Å²) in [5.74, 6) is -1.31. The van der Waals surface area contributed by atoms with Crippen molar-refractivity contribution in [2.45, 2.75) is 25.9 Å². The number of amides is 3. The van der Waals surface area contributed by atoms with E-state index in [1.165, 1.54) is 26.6 Å². The Morgan fingerprint density at radius 3 is 2.50 bits per heavy atom. The Morgan fingerprint density at radius 2 is 1.97 bits per heavy atom. The van der Waals surface area contributed by atoms with E-state index < -0.39 is 23.5 Å². The van der Waals surface area contributed by atoms with Crippen molar-refractivity contribution in [2.24, 2.45) is 12.8 Å². The molecule has 11 nitrogen and oxygen atoms in total. The number of benzene rings is 1. The Labute approximate surface area is 176 Å². The van der Waals surface area contributed by atoms with Crippen LogP contribution < -0.4 is 21.4 Å². The van der Waals surface area contributed by atoms with Crippen LogP contribution in [0.25, 0.3) is 0 Å². The van der Waals surface area contributed by atoms with Crippen molar-refractivity contribution in [1.29, 1.82) is 0 Å². The molecule has 3 rings (SSSR count). The smallest absolute Gasteiger partial charge is 0.366 e. The minimum absolute atomic E-state index is 0.00859. The molecule has 1 aromatic carbocycles. The fourth-order valence-electron chi connectivity index (χ4n) is 3.16. The minimum Gasteiger partial charge on any atom is -0.366 e. The summed E-state index contributed by atoms with van der Waals surface area (Å²) in [5, 5.41) is 5.34. The summed E-state index contributed by atoms with van der Waals surface area (Å²) in [5.41, 5.74) is 5.64. The number of H-pyrrole nitrogens is 1. The van der Waals surface area contributed by atoms with Gasteiger partial charge in [-0.2, -0.15) is 0 Å². The fraction of sp³-hybridized carbons (Fsp3) is 0.333. The highest BCUT2D eigenvalue weighted by Crippen LogP contribution is 2.22. The maximum atomic E-state index is 12.8. The van der Waals surface area contributed by atoms with E-state index in [0.717, 1.165) is 0 Å². The molecule has 0 saturated carbocycles. The number of likely N-dealkylation sites (N-methyl/N-ethyl adjacent to an activating group) is 1. The van der Waals surface area contributed by atoms with Gasteiger partial charge in [0.25, 0.3) is 5.91 Å². The number of nitrogens with one attached hydrogen (secondary N) is 2. The average molecular weight is 433 g/mol. The summed E-state index contributed by atoms with van der Waals surface area (Å²) >= 11 is 5.40. The van der Waals surface area contributed by atoms with Crippen molar-refractivity contribution in [3.63, 3.8) is 0 Å². The number of nitrogens with zero attached hydrogens (tertiary/aromatic N) is 3. The number of anilines is 1. The van der Waals surface area contributed by atoms with Crippen LogP contribution in [-0.2, 0) is 23.2 Å². The summed E-state index contributed by atoms with van der Waals surface area (Å²) in [6.45, 7) is 2.12. The zero-order valence-corrected chi connectivity index (χ0v) is 17.2. The molecule has 0 radical (unpaired) electrons. The molecule has 1 fully saturated rings. The largest absolute Gasteiger partial charge is 0.431 e. The highest BCUT2D eigenvalue weighted by Gasteiger charge is 2.44. The Balaban J connectivity index is 1.77. The summed E-state index contributed by atoms with van der Waals surface area (Å²) in [7, 11) is 1.59. The molecule has 2 heterocycles. The predicted molar refractivity (Wildman–Crippen MR) is 108 cm³/mol. The standard InChI is InChI=1S/C18H20N6O5S/c1-3-23-16(27)12(24(18(23)30)9-13-17(28)29-21-22(13)2)8-14(25)20-11-6-4-10(5-7-11)15(19)26/h4-7,12H,3,8-9H2,1-2H3,(H3-,19,20,21,25,26,28)/p+1. The monoisotopic (exact) mass is 433 g/mol.